The van der Waals surface area contributed by atoms with Crippen molar-refractivity contribution in [2.24, 2.45) is 0 Å². The first-order valence-corrected chi connectivity index (χ1v) is 6.56. The van der Waals surface area contributed by atoms with Crippen molar-refractivity contribution in [2.45, 2.75) is 13.8 Å². The molecule has 0 radical (unpaired) electrons. The molecule has 3 nitrogen and oxygen atoms in total. The van der Waals surface area contributed by atoms with Crippen molar-refractivity contribution in [3.8, 4) is 5.69 Å². The van der Waals surface area contributed by atoms with Gasteiger partial charge < -0.3 is 5.73 Å². The first-order chi connectivity index (χ1) is 9.49. The molecule has 20 heavy (non-hydrogen) atoms. The van der Waals surface area contributed by atoms with E-state index in [1.165, 1.54) is 6.07 Å². The molecule has 2 N–H and O–H groups in total. The van der Waals surface area contributed by atoms with Crippen LogP contribution in [0.15, 0.2) is 30.3 Å². The molecule has 0 spiro atoms. The van der Waals surface area contributed by atoms with Crippen LogP contribution in [0.25, 0.3) is 16.7 Å². The normalized spacial score (nSPS) is 11.2. The molecule has 1 heterocycles. The smallest absolute Gasteiger partial charge is 0.205 e. The molecular weight excluding hydrogens is 277 g/mol. The van der Waals surface area contributed by atoms with E-state index >= 15 is 0 Å². The standard InChI is InChI=1S/C15H13ClFN3/c1-8-4-3-5-13(9(8)2)20-14-6-10(16)11(17)7-12(14)19-15(20)18/h3-7H,1-2H3,(H2,18,19). The molecule has 0 aliphatic heterocycles. The summed E-state index contributed by atoms with van der Waals surface area (Å²) in [5, 5.41) is 0.0592. The number of hydrogen-bond acceptors (Lipinski definition) is 2. The molecule has 0 bridgehead atoms. The van der Waals surface area contributed by atoms with Crippen LogP contribution < -0.4 is 5.73 Å². The second-order valence-electron chi connectivity index (χ2n) is 4.78. The van der Waals surface area contributed by atoms with E-state index in [-0.39, 0.29) is 5.02 Å². The maximum absolute atomic E-state index is 13.5. The van der Waals surface area contributed by atoms with Crippen LogP contribution in [0.1, 0.15) is 11.1 Å². The minimum absolute atomic E-state index is 0.0592. The highest BCUT2D eigenvalue weighted by Gasteiger charge is 2.14. The van der Waals surface area contributed by atoms with Crippen LogP contribution >= 0.6 is 11.6 Å². The number of imidazole rings is 1. The molecule has 0 aliphatic carbocycles. The minimum Gasteiger partial charge on any atom is -0.369 e. The number of halogens is 2. The van der Waals surface area contributed by atoms with Gasteiger partial charge in [-0.25, -0.2) is 9.37 Å². The van der Waals surface area contributed by atoms with Gasteiger partial charge in [0.2, 0.25) is 5.95 Å². The Morgan fingerprint density at radius 1 is 1.25 bits per heavy atom. The number of anilines is 1. The minimum atomic E-state index is -0.496. The van der Waals surface area contributed by atoms with E-state index in [0.717, 1.165) is 16.8 Å². The van der Waals surface area contributed by atoms with E-state index in [9.17, 15) is 4.39 Å². The number of fused-ring (bicyclic) bond motifs is 1. The van der Waals surface area contributed by atoms with E-state index in [0.29, 0.717) is 17.0 Å². The molecule has 0 fully saturated rings. The van der Waals surface area contributed by atoms with Gasteiger partial charge in [0.1, 0.15) is 5.82 Å². The summed E-state index contributed by atoms with van der Waals surface area (Å²) in [4.78, 5) is 4.20. The van der Waals surface area contributed by atoms with Crippen LogP contribution in [0.4, 0.5) is 10.3 Å². The van der Waals surface area contributed by atoms with Crippen molar-refractivity contribution in [3.05, 3.63) is 52.3 Å². The number of benzene rings is 2. The van der Waals surface area contributed by atoms with Crippen LogP contribution in [0.2, 0.25) is 5.02 Å². The highest BCUT2D eigenvalue weighted by molar-refractivity contribution is 6.31. The van der Waals surface area contributed by atoms with Gasteiger partial charge in [-0.2, -0.15) is 0 Å². The van der Waals surface area contributed by atoms with Crippen LogP contribution in [0.3, 0.4) is 0 Å². The monoisotopic (exact) mass is 289 g/mol. The van der Waals surface area contributed by atoms with Crippen LogP contribution in [0, 0.1) is 19.7 Å². The van der Waals surface area contributed by atoms with Crippen molar-refractivity contribution in [3.63, 3.8) is 0 Å². The molecule has 0 unspecified atom stereocenters. The van der Waals surface area contributed by atoms with E-state index < -0.39 is 5.82 Å². The van der Waals surface area contributed by atoms with Crippen LogP contribution in [0.5, 0.6) is 0 Å². The van der Waals surface area contributed by atoms with E-state index in [1.807, 2.05) is 32.0 Å². The number of nitrogen functional groups attached to an aromatic ring is 1. The Bertz CT molecular complexity index is 824. The summed E-state index contributed by atoms with van der Waals surface area (Å²) in [7, 11) is 0. The lowest BCUT2D eigenvalue weighted by Gasteiger charge is -2.12. The topological polar surface area (TPSA) is 43.8 Å². The number of nitrogens with two attached hydrogens (primary N) is 1. The van der Waals surface area contributed by atoms with Crippen molar-refractivity contribution < 1.29 is 4.39 Å². The van der Waals surface area contributed by atoms with Gasteiger partial charge in [0, 0.05) is 6.07 Å². The van der Waals surface area contributed by atoms with E-state index in [1.54, 1.807) is 10.6 Å². The third-order valence-corrected chi connectivity index (χ3v) is 3.83. The van der Waals surface area contributed by atoms with Gasteiger partial charge in [0.05, 0.1) is 21.7 Å². The summed E-state index contributed by atoms with van der Waals surface area (Å²) in [6, 6.07) is 8.79. The number of aryl methyl sites for hydroxylation is 1. The maximum atomic E-state index is 13.5. The number of aromatic nitrogens is 2. The predicted octanol–water partition coefficient (Wildman–Crippen LogP) is 4.02. The lowest BCUT2D eigenvalue weighted by atomic mass is 10.1. The molecule has 1 aromatic heterocycles. The Kier molecular flexibility index (Phi) is 2.91. The number of hydrogen-bond donors (Lipinski definition) is 1. The van der Waals surface area contributed by atoms with Gasteiger partial charge >= 0.3 is 0 Å². The Morgan fingerprint density at radius 2 is 2.00 bits per heavy atom. The summed E-state index contributed by atoms with van der Waals surface area (Å²) in [6.45, 7) is 4.04. The van der Waals surface area contributed by atoms with Crippen molar-refractivity contribution in [2.75, 3.05) is 5.73 Å². The highest BCUT2D eigenvalue weighted by Crippen LogP contribution is 2.29. The fourth-order valence-corrected chi connectivity index (χ4v) is 2.48. The Morgan fingerprint density at radius 3 is 2.75 bits per heavy atom. The Hall–Kier alpha value is -2.07. The van der Waals surface area contributed by atoms with Gasteiger partial charge in [-0.05, 0) is 37.1 Å². The summed E-state index contributed by atoms with van der Waals surface area (Å²) >= 11 is 5.87. The summed E-state index contributed by atoms with van der Waals surface area (Å²) in [5.41, 5.74) is 10.3. The fraction of sp³-hybridized carbons (Fsp3) is 0.133. The Balaban J connectivity index is 2.39. The van der Waals surface area contributed by atoms with Crippen LogP contribution in [-0.4, -0.2) is 9.55 Å². The lowest BCUT2D eigenvalue weighted by Crippen LogP contribution is -2.03. The average Bonchev–Trinajstić information content (AvgIpc) is 2.69. The first-order valence-electron chi connectivity index (χ1n) is 6.18. The van der Waals surface area contributed by atoms with Gasteiger partial charge in [0.15, 0.2) is 0 Å². The molecule has 0 atom stereocenters. The first kappa shape index (κ1) is 12.9. The fourth-order valence-electron chi connectivity index (χ4n) is 2.32. The molecule has 5 heteroatoms. The molecule has 0 aliphatic rings. The molecule has 3 aromatic rings. The molecule has 0 saturated heterocycles. The number of rotatable bonds is 1. The average molecular weight is 290 g/mol. The highest BCUT2D eigenvalue weighted by atomic mass is 35.5. The zero-order chi connectivity index (χ0) is 14.4. The molecule has 102 valence electrons. The summed E-state index contributed by atoms with van der Waals surface area (Å²) in [6.07, 6.45) is 0. The zero-order valence-electron chi connectivity index (χ0n) is 11.1. The van der Waals surface area contributed by atoms with Gasteiger partial charge in [-0.15, -0.1) is 0 Å². The van der Waals surface area contributed by atoms with Crippen molar-refractivity contribution in [1.29, 1.82) is 0 Å². The Labute approximate surface area is 120 Å². The molecular formula is C15H13ClFN3. The van der Waals surface area contributed by atoms with Crippen molar-refractivity contribution >= 4 is 28.6 Å². The van der Waals surface area contributed by atoms with Crippen LogP contribution in [-0.2, 0) is 0 Å². The zero-order valence-corrected chi connectivity index (χ0v) is 11.9. The number of nitrogens with zero attached hydrogens (tertiary/aromatic N) is 2. The van der Waals surface area contributed by atoms with Gasteiger partial charge in [-0.3, -0.25) is 4.57 Å². The molecule has 2 aromatic carbocycles. The second kappa shape index (κ2) is 4.49. The second-order valence-corrected chi connectivity index (χ2v) is 5.19. The van der Waals surface area contributed by atoms with E-state index in [2.05, 4.69) is 4.98 Å². The largest absolute Gasteiger partial charge is 0.369 e. The SMILES string of the molecule is Cc1cccc(-n2c(N)nc3cc(F)c(Cl)cc32)c1C. The molecule has 3 rings (SSSR count). The lowest BCUT2D eigenvalue weighted by molar-refractivity contribution is 0.630. The third-order valence-electron chi connectivity index (χ3n) is 3.54. The van der Waals surface area contributed by atoms with Gasteiger partial charge in [-0.1, -0.05) is 23.7 Å². The molecule has 0 amide bonds. The van der Waals surface area contributed by atoms with E-state index in [4.69, 9.17) is 17.3 Å². The maximum Gasteiger partial charge on any atom is 0.205 e. The summed E-state index contributed by atoms with van der Waals surface area (Å²) in [5.74, 6) is -0.180. The predicted molar refractivity (Wildman–Crippen MR) is 79.9 cm³/mol. The van der Waals surface area contributed by atoms with Crippen molar-refractivity contribution in [1.82, 2.24) is 9.55 Å². The van der Waals surface area contributed by atoms with Gasteiger partial charge in [0.25, 0.3) is 0 Å². The third kappa shape index (κ3) is 1.84. The quantitative estimate of drug-likeness (QED) is 0.735. The molecule has 0 saturated carbocycles. The summed E-state index contributed by atoms with van der Waals surface area (Å²) < 4.78 is 15.3.